The van der Waals surface area contributed by atoms with Gasteiger partial charge in [0, 0.05) is 23.2 Å². The van der Waals surface area contributed by atoms with Crippen LogP contribution in [0.1, 0.15) is 11.3 Å². The minimum atomic E-state index is -0.441. The molecule has 86 valence electrons. The van der Waals surface area contributed by atoms with Crippen molar-refractivity contribution >= 4 is 11.6 Å². The summed E-state index contributed by atoms with van der Waals surface area (Å²) in [7, 11) is 1.66. The molecular formula is C12H9ClFN3. The van der Waals surface area contributed by atoms with Crippen molar-refractivity contribution < 1.29 is 4.39 Å². The molecule has 2 aromatic rings. The number of aromatic nitrogens is 2. The average molecular weight is 250 g/mol. The van der Waals surface area contributed by atoms with E-state index in [9.17, 15) is 4.39 Å². The molecule has 0 fully saturated rings. The van der Waals surface area contributed by atoms with Gasteiger partial charge >= 0.3 is 0 Å². The summed E-state index contributed by atoms with van der Waals surface area (Å²) in [6.45, 7) is 1.74. The maximum absolute atomic E-state index is 13.7. The van der Waals surface area contributed by atoms with Gasteiger partial charge in [-0.2, -0.15) is 10.4 Å². The summed E-state index contributed by atoms with van der Waals surface area (Å²) in [5.74, 6) is -0.441. The molecule has 0 bridgehead atoms. The fourth-order valence-electron chi connectivity index (χ4n) is 1.72. The van der Waals surface area contributed by atoms with Crippen molar-refractivity contribution in [3.8, 4) is 17.3 Å². The molecule has 0 aliphatic carbocycles. The molecule has 0 N–H and O–H groups in total. The number of hydrogen-bond acceptors (Lipinski definition) is 2. The molecule has 0 spiro atoms. The molecule has 0 saturated heterocycles. The Bertz CT molecular complexity index is 625. The van der Waals surface area contributed by atoms with Gasteiger partial charge in [0.05, 0.1) is 5.69 Å². The molecule has 0 saturated carbocycles. The van der Waals surface area contributed by atoms with Crippen LogP contribution in [0.25, 0.3) is 11.3 Å². The summed E-state index contributed by atoms with van der Waals surface area (Å²) in [6, 6.07) is 6.43. The fourth-order valence-corrected chi connectivity index (χ4v) is 1.88. The van der Waals surface area contributed by atoms with E-state index in [1.807, 2.05) is 6.07 Å². The topological polar surface area (TPSA) is 41.6 Å². The largest absolute Gasteiger partial charge is 0.257 e. The van der Waals surface area contributed by atoms with E-state index in [-0.39, 0.29) is 0 Å². The second kappa shape index (κ2) is 4.19. The highest BCUT2D eigenvalue weighted by Gasteiger charge is 2.16. The Morgan fingerprint density at radius 1 is 1.47 bits per heavy atom. The molecule has 3 nitrogen and oxygen atoms in total. The number of nitrogens with zero attached hydrogens (tertiary/aromatic N) is 3. The molecule has 2 rings (SSSR count). The zero-order valence-electron chi connectivity index (χ0n) is 9.33. The Balaban J connectivity index is 2.66. The van der Waals surface area contributed by atoms with Crippen LogP contribution in [-0.4, -0.2) is 9.78 Å². The number of nitriles is 1. The molecule has 1 aromatic carbocycles. The minimum absolute atomic E-state index is 0.334. The molecule has 1 heterocycles. The van der Waals surface area contributed by atoms with E-state index in [2.05, 4.69) is 5.10 Å². The second-order valence-corrected chi connectivity index (χ2v) is 4.12. The first-order valence-electron chi connectivity index (χ1n) is 4.93. The third-order valence-corrected chi connectivity index (χ3v) is 2.81. The van der Waals surface area contributed by atoms with Crippen LogP contribution in [0.3, 0.4) is 0 Å². The molecular weight excluding hydrogens is 241 g/mol. The van der Waals surface area contributed by atoms with Crippen molar-refractivity contribution in [1.29, 1.82) is 5.26 Å². The molecule has 5 heteroatoms. The van der Waals surface area contributed by atoms with Gasteiger partial charge in [0.1, 0.15) is 17.6 Å². The molecule has 1 aromatic heterocycles. The monoisotopic (exact) mass is 249 g/mol. The lowest BCUT2D eigenvalue weighted by Gasteiger charge is -2.01. The Hall–Kier alpha value is -1.86. The maximum Gasteiger partial charge on any atom is 0.141 e. The van der Waals surface area contributed by atoms with Crippen molar-refractivity contribution in [2.24, 2.45) is 7.05 Å². The molecule has 0 amide bonds. The third kappa shape index (κ3) is 1.90. The lowest BCUT2D eigenvalue weighted by atomic mass is 10.1. The van der Waals surface area contributed by atoms with Crippen LogP contribution >= 0.6 is 11.6 Å². The highest BCUT2D eigenvalue weighted by Crippen LogP contribution is 2.28. The van der Waals surface area contributed by atoms with Gasteiger partial charge in [-0.15, -0.1) is 0 Å². The van der Waals surface area contributed by atoms with Gasteiger partial charge in [-0.25, -0.2) is 4.39 Å². The second-order valence-electron chi connectivity index (χ2n) is 3.68. The van der Waals surface area contributed by atoms with E-state index in [0.717, 1.165) is 0 Å². The SMILES string of the molecule is Cc1c(-c2ccc(Cl)cc2F)nn(C)c1C#N. The summed E-state index contributed by atoms with van der Waals surface area (Å²) < 4.78 is 15.2. The zero-order valence-corrected chi connectivity index (χ0v) is 10.1. The van der Waals surface area contributed by atoms with Crippen molar-refractivity contribution in [2.75, 3.05) is 0 Å². The highest BCUT2D eigenvalue weighted by atomic mass is 35.5. The van der Waals surface area contributed by atoms with Crippen LogP contribution in [0, 0.1) is 24.1 Å². The number of aryl methyl sites for hydroxylation is 1. The predicted molar refractivity (Wildman–Crippen MR) is 63.1 cm³/mol. The first-order valence-corrected chi connectivity index (χ1v) is 5.31. The van der Waals surface area contributed by atoms with Gasteiger partial charge in [-0.1, -0.05) is 11.6 Å². The normalized spacial score (nSPS) is 10.3. The first kappa shape index (κ1) is 11.6. The first-order chi connectivity index (χ1) is 8.04. The molecule has 0 unspecified atom stereocenters. The quantitative estimate of drug-likeness (QED) is 0.779. The summed E-state index contributed by atoms with van der Waals surface area (Å²) >= 11 is 5.69. The smallest absolute Gasteiger partial charge is 0.141 e. The Labute approximate surface area is 103 Å². The third-order valence-electron chi connectivity index (χ3n) is 2.58. The van der Waals surface area contributed by atoms with Crippen LogP contribution in [0.4, 0.5) is 4.39 Å². The van der Waals surface area contributed by atoms with E-state index in [0.29, 0.717) is 27.5 Å². The van der Waals surface area contributed by atoms with Gasteiger partial charge in [-0.3, -0.25) is 4.68 Å². The van der Waals surface area contributed by atoms with E-state index in [1.54, 1.807) is 26.1 Å². The average Bonchev–Trinajstić information content (AvgIpc) is 2.54. The summed E-state index contributed by atoms with van der Waals surface area (Å²) in [5.41, 5.74) is 1.91. The number of hydrogen-bond donors (Lipinski definition) is 0. The van der Waals surface area contributed by atoms with Crippen molar-refractivity contribution in [3.05, 3.63) is 40.3 Å². The maximum atomic E-state index is 13.7. The predicted octanol–water partition coefficient (Wildman–Crippen LogP) is 3.06. The van der Waals surface area contributed by atoms with Crippen LogP contribution in [0.5, 0.6) is 0 Å². The molecule has 0 atom stereocenters. The van der Waals surface area contributed by atoms with Gasteiger partial charge in [0.2, 0.25) is 0 Å². The Kier molecular flexibility index (Phi) is 2.86. The van der Waals surface area contributed by atoms with Crippen LogP contribution in [-0.2, 0) is 7.05 Å². The van der Waals surface area contributed by atoms with Gasteiger partial charge in [0.15, 0.2) is 0 Å². The highest BCUT2D eigenvalue weighted by molar-refractivity contribution is 6.30. The van der Waals surface area contributed by atoms with Crippen LogP contribution < -0.4 is 0 Å². The van der Waals surface area contributed by atoms with Crippen LogP contribution in [0.15, 0.2) is 18.2 Å². The number of rotatable bonds is 1. The van der Waals surface area contributed by atoms with Gasteiger partial charge in [-0.05, 0) is 25.1 Å². The van der Waals surface area contributed by atoms with Crippen LogP contribution in [0.2, 0.25) is 5.02 Å². The molecule has 0 aliphatic heterocycles. The van der Waals surface area contributed by atoms with Crippen molar-refractivity contribution in [1.82, 2.24) is 9.78 Å². The van der Waals surface area contributed by atoms with Gasteiger partial charge in [0.25, 0.3) is 0 Å². The standard InChI is InChI=1S/C12H9ClFN3/c1-7-11(6-15)17(2)16-12(7)9-4-3-8(13)5-10(9)14/h3-5H,1-2H3. The molecule has 17 heavy (non-hydrogen) atoms. The van der Waals surface area contributed by atoms with E-state index < -0.39 is 5.82 Å². The van der Waals surface area contributed by atoms with Gasteiger partial charge < -0.3 is 0 Å². The number of halogens is 2. The molecule has 0 radical (unpaired) electrons. The molecule has 0 aliphatic rings. The lowest BCUT2D eigenvalue weighted by Crippen LogP contribution is -1.94. The van der Waals surface area contributed by atoms with Crippen molar-refractivity contribution in [2.45, 2.75) is 6.92 Å². The van der Waals surface area contributed by atoms with Crippen molar-refractivity contribution in [3.63, 3.8) is 0 Å². The Morgan fingerprint density at radius 2 is 2.18 bits per heavy atom. The Morgan fingerprint density at radius 3 is 2.71 bits per heavy atom. The number of benzene rings is 1. The minimum Gasteiger partial charge on any atom is -0.257 e. The summed E-state index contributed by atoms with van der Waals surface area (Å²) in [6.07, 6.45) is 0. The van der Waals surface area contributed by atoms with E-state index >= 15 is 0 Å². The summed E-state index contributed by atoms with van der Waals surface area (Å²) in [5, 5.41) is 13.4. The van der Waals surface area contributed by atoms with E-state index in [1.165, 1.54) is 10.7 Å². The summed E-state index contributed by atoms with van der Waals surface area (Å²) in [4.78, 5) is 0. The lowest BCUT2D eigenvalue weighted by molar-refractivity contribution is 0.630. The zero-order chi connectivity index (χ0) is 12.6. The van der Waals surface area contributed by atoms with E-state index in [4.69, 9.17) is 16.9 Å². The fraction of sp³-hybridized carbons (Fsp3) is 0.167.